The van der Waals surface area contributed by atoms with E-state index in [1.807, 2.05) is 0 Å². The Bertz CT molecular complexity index is 508. The molecule has 0 aliphatic heterocycles. The summed E-state index contributed by atoms with van der Waals surface area (Å²) in [6.45, 7) is 2.69. The molecular weight excluding hydrogens is 353 g/mol. The van der Waals surface area contributed by atoms with Crippen LogP contribution in [0.1, 0.15) is 49.4 Å². The normalized spacial score (nSPS) is 10.3. The number of unbranched alkanes of at least 4 members (excludes halogenated alkanes) is 3. The highest BCUT2D eigenvalue weighted by atomic mass is 79.9. The summed E-state index contributed by atoms with van der Waals surface area (Å²) in [5.41, 5.74) is 0.0468. The third-order valence-corrected chi connectivity index (χ3v) is 3.57. The van der Waals surface area contributed by atoms with Crippen LogP contribution < -0.4 is 5.32 Å². The van der Waals surface area contributed by atoms with E-state index in [0.29, 0.717) is 24.0 Å². The molecular formula is C16H21BrFNO3. The maximum atomic E-state index is 13.6. The number of ether oxygens (including phenoxy) is 1. The van der Waals surface area contributed by atoms with Crippen molar-refractivity contribution in [2.75, 3.05) is 13.2 Å². The quantitative estimate of drug-likeness (QED) is 0.528. The summed E-state index contributed by atoms with van der Waals surface area (Å²) < 4.78 is 19.0. The molecule has 0 aliphatic carbocycles. The zero-order valence-electron chi connectivity index (χ0n) is 12.7. The standard InChI is InChI=1S/C16H21BrFNO3/c1-2-22-15(20)7-5-3-4-6-10-19-16(21)13-9-8-12(17)11-14(13)18/h8-9,11H,2-7,10H2,1H3,(H,19,21). The number of carbonyl (C=O) groups excluding carboxylic acids is 2. The monoisotopic (exact) mass is 373 g/mol. The van der Waals surface area contributed by atoms with Crippen LogP contribution in [0.5, 0.6) is 0 Å². The van der Waals surface area contributed by atoms with Crippen molar-refractivity contribution < 1.29 is 18.7 Å². The van der Waals surface area contributed by atoms with E-state index in [1.165, 1.54) is 12.1 Å². The number of halogens is 2. The highest BCUT2D eigenvalue weighted by Crippen LogP contribution is 2.15. The Kier molecular flexibility index (Phi) is 8.74. The summed E-state index contributed by atoms with van der Waals surface area (Å²) in [4.78, 5) is 22.9. The van der Waals surface area contributed by atoms with Crippen molar-refractivity contribution in [2.24, 2.45) is 0 Å². The van der Waals surface area contributed by atoms with E-state index < -0.39 is 11.7 Å². The Morgan fingerprint density at radius 3 is 2.64 bits per heavy atom. The number of rotatable bonds is 9. The first-order chi connectivity index (χ1) is 10.5. The SMILES string of the molecule is CCOC(=O)CCCCCCNC(=O)c1ccc(Br)cc1F. The summed E-state index contributed by atoms with van der Waals surface area (Å²) in [5.74, 6) is -1.11. The largest absolute Gasteiger partial charge is 0.466 e. The molecule has 4 nitrogen and oxygen atoms in total. The van der Waals surface area contributed by atoms with E-state index in [1.54, 1.807) is 13.0 Å². The Morgan fingerprint density at radius 1 is 1.23 bits per heavy atom. The number of hydrogen-bond acceptors (Lipinski definition) is 3. The molecule has 0 aromatic heterocycles. The Morgan fingerprint density at radius 2 is 1.95 bits per heavy atom. The molecule has 0 radical (unpaired) electrons. The van der Waals surface area contributed by atoms with Gasteiger partial charge in [-0.25, -0.2) is 4.39 Å². The lowest BCUT2D eigenvalue weighted by Gasteiger charge is -2.06. The van der Waals surface area contributed by atoms with Crippen molar-refractivity contribution >= 4 is 27.8 Å². The molecule has 0 heterocycles. The van der Waals surface area contributed by atoms with Gasteiger partial charge in [-0.1, -0.05) is 28.8 Å². The molecule has 0 spiro atoms. The fourth-order valence-corrected chi connectivity index (χ4v) is 2.28. The molecule has 1 amide bonds. The summed E-state index contributed by atoms with van der Waals surface area (Å²) in [7, 11) is 0. The predicted molar refractivity (Wildman–Crippen MR) is 86.2 cm³/mol. The van der Waals surface area contributed by atoms with Crippen LogP contribution in [-0.2, 0) is 9.53 Å². The smallest absolute Gasteiger partial charge is 0.305 e. The second-order valence-electron chi connectivity index (χ2n) is 4.85. The van der Waals surface area contributed by atoms with Gasteiger partial charge in [-0.05, 0) is 38.0 Å². The number of carbonyl (C=O) groups is 2. The third-order valence-electron chi connectivity index (χ3n) is 3.07. The van der Waals surface area contributed by atoms with Gasteiger partial charge in [0.05, 0.1) is 12.2 Å². The first-order valence-electron chi connectivity index (χ1n) is 7.43. The minimum absolute atomic E-state index is 0.0468. The average molecular weight is 374 g/mol. The van der Waals surface area contributed by atoms with Gasteiger partial charge in [0.1, 0.15) is 5.82 Å². The number of benzene rings is 1. The number of hydrogen-bond donors (Lipinski definition) is 1. The lowest BCUT2D eigenvalue weighted by atomic mass is 10.1. The number of esters is 1. The van der Waals surface area contributed by atoms with E-state index in [4.69, 9.17) is 4.74 Å². The molecule has 0 unspecified atom stereocenters. The number of amides is 1. The highest BCUT2D eigenvalue weighted by molar-refractivity contribution is 9.10. The average Bonchev–Trinajstić information content (AvgIpc) is 2.46. The van der Waals surface area contributed by atoms with Gasteiger partial charge >= 0.3 is 5.97 Å². The van der Waals surface area contributed by atoms with E-state index in [2.05, 4.69) is 21.2 Å². The Labute approximate surface area is 138 Å². The molecule has 6 heteroatoms. The van der Waals surface area contributed by atoms with E-state index >= 15 is 0 Å². The van der Waals surface area contributed by atoms with Crippen LogP contribution in [0.4, 0.5) is 4.39 Å². The van der Waals surface area contributed by atoms with Crippen LogP contribution in [0.3, 0.4) is 0 Å². The Balaban J connectivity index is 2.14. The lowest BCUT2D eigenvalue weighted by molar-refractivity contribution is -0.143. The molecule has 0 fully saturated rings. The van der Waals surface area contributed by atoms with Crippen molar-refractivity contribution in [3.05, 3.63) is 34.1 Å². The maximum Gasteiger partial charge on any atom is 0.305 e. The molecule has 1 aromatic rings. The van der Waals surface area contributed by atoms with Gasteiger partial charge in [-0.15, -0.1) is 0 Å². The third kappa shape index (κ3) is 7.02. The van der Waals surface area contributed by atoms with Crippen LogP contribution in [0, 0.1) is 5.82 Å². The minimum atomic E-state index is -0.540. The van der Waals surface area contributed by atoms with Crippen molar-refractivity contribution in [3.63, 3.8) is 0 Å². The van der Waals surface area contributed by atoms with Crippen molar-refractivity contribution in [3.8, 4) is 0 Å². The molecule has 0 atom stereocenters. The van der Waals surface area contributed by atoms with Gasteiger partial charge in [-0.2, -0.15) is 0 Å². The van der Waals surface area contributed by atoms with Crippen LogP contribution in [-0.4, -0.2) is 25.0 Å². The topological polar surface area (TPSA) is 55.4 Å². The van der Waals surface area contributed by atoms with Gasteiger partial charge < -0.3 is 10.1 Å². The molecule has 122 valence electrons. The number of nitrogens with one attached hydrogen (secondary N) is 1. The minimum Gasteiger partial charge on any atom is -0.466 e. The summed E-state index contributed by atoms with van der Waals surface area (Å²) in [6, 6.07) is 4.35. The summed E-state index contributed by atoms with van der Waals surface area (Å²) >= 11 is 3.15. The van der Waals surface area contributed by atoms with Crippen LogP contribution in [0.25, 0.3) is 0 Å². The fraction of sp³-hybridized carbons (Fsp3) is 0.500. The highest BCUT2D eigenvalue weighted by Gasteiger charge is 2.11. The summed E-state index contributed by atoms with van der Waals surface area (Å²) in [6.07, 6.45) is 3.83. The van der Waals surface area contributed by atoms with E-state index in [0.717, 1.165) is 25.7 Å². The fourth-order valence-electron chi connectivity index (χ4n) is 1.95. The van der Waals surface area contributed by atoms with E-state index in [9.17, 15) is 14.0 Å². The predicted octanol–water partition coefficient (Wildman–Crippen LogP) is 3.83. The maximum absolute atomic E-state index is 13.6. The van der Waals surface area contributed by atoms with Gasteiger partial charge in [0.25, 0.3) is 5.91 Å². The van der Waals surface area contributed by atoms with E-state index in [-0.39, 0.29) is 11.5 Å². The van der Waals surface area contributed by atoms with Gasteiger partial charge in [0.15, 0.2) is 0 Å². The van der Waals surface area contributed by atoms with Crippen LogP contribution in [0.2, 0.25) is 0 Å². The van der Waals surface area contributed by atoms with Crippen LogP contribution in [0.15, 0.2) is 22.7 Å². The first-order valence-corrected chi connectivity index (χ1v) is 8.22. The second kappa shape index (κ2) is 10.3. The van der Waals surface area contributed by atoms with Gasteiger partial charge in [0.2, 0.25) is 0 Å². The Hall–Kier alpha value is -1.43. The molecule has 1 N–H and O–H groups in total. The van der Waals surface area contributed by atoms with Crippen molar-refractivity contribution in [2.45, 2.75) is 39.0 Å². The zero-order chi connectivity index (χ0) is 16.4. The molecule has 1 aromatic carbocycles. The van der Waals surface area contributed by atoms with Crippen molar-refractivity contribution in [1.82, 2.24) is 5.32 Å². The van der Waals surface area contributed by atoms with Gasteiger partial charge in [0, 0.05) is 17.4 Å². The lowest BCUT2D eigenvalue weighted by Crippen LogP contribution is -2.25. The second-order valence-corrected chi connectivity index (χ2v) is 5.76. The first kappa shape index (κ1) is 18.6. The zero-order valence-corrected chi connectivity index (χ0v) is 14.2. The van der Waals surface area contributed by atoms with Gasteiger partial charge in [-0.3, -0.25) is 9.59 Å². The van der Waals surface area contributed by atoms with Crippen molar-refractivity contribution in [1.29, 1.82) is 0 Å². The molecule has 0 bridgehead atoms. The molecule has 1 rings (SSSR count). The molecule has 0 aliphatic rings. The summed E-state index contributed by atoms with van der Waals surface area (Å²) in [5, 5.41) is 2.69. The molecule has 0 saturated heterocycles. The van der Waals surface area contributed by atoms with Crippen LogP contribution >= 0.6 is 15.9 Å². The molecule has 22 heavy (non-hydrogen) atoms. The molecule has 0 saturated carbocycles.